The van der Waals surface area contributed by atoms with Gasteiger partial charge < -0.3 is 15.0 Å². The molecule has 1 aliphatic rings. The van der Waals surface area contributed by atoms with Crippen molar-refractivity contribution in [2.75, 3.05) is 7.11 Å². The molecule has 1 aliphatic carbocycles. The van der Waals surface area contributed by atoms with Gasteiger partial charge in [0.1, 0.15) is 6.10 Å². The van der Waals surface area contributed by atoms with Gasteiger partial charge in [0.25, 0.3) is 5.89 Å². The lowest BCUT2D eigenvalue weighted by Gasteiger charge is -2.29. The smallest absolute Gasteiger partial charge is 0.255 e. The Balaban J connectivity index is 2.17. The van der Waals surface area contributed by atoms with Crippen LogP contribution in [0.3, 0.4) is 0 Å². The molecule has 90 valence electrons. The van der Waals surface area contributed by atoms with Crippen LogP contribution in [0.1, 0.15) is 56.8 Å². The molecule has 16 heavy (non-hydrogen) atoms. The summed E-state index contributed by atoms with van der Waals surface area (Å²) in [6.07, 6.45) is 5.23. The normalized spacial score (nSPS) is 21.9. The molecule has 0 radical (unpaired) electrons. The molecule has 0 amide bonds. The second-order valence-corrected chi connectivity index (χ2v) is 4.55. The Hall–Kier alpha value is -0.940. The van der Waals surface area contributed by atoms with Crippen molar-refractivity contribution in [2.24, 2.45) is 5.73 Å². The Morgan fingerprint density at radius 3 is 2.69 bits per heavy atom. The zero-order chi connectivity index (χ0) is 11.6. The van der Waals surface area contributed by atoms with E-state index >= 15 is 0 Å². The van der Waals surface area contributed by atoms with E-state index in [0.29, 0.717) is 11.7 Å². The Kier molecular flexibility index (Phi) is 3.25. The van der Waals surface area contributed by atoms with E-state index in [0.717, 1.165) is 25.7 Å². The molecule has 1 aromatic heterocycles. The zero-order valence-corrected chi connectivity index (χ0v) is 9.90. The summed E-state index contributed by atoms with van der Waals surface area (Å²) in [7, 11) is 1.62. The number of methoxy groups -OCH3 is 1. The van der Waals surface area contributed by atoms with Crippen molar-refractivity contribution in [3.8, 4) is 0 Å². The van der Waals surface area contributed by atoms with Gasteiger partial charge in [-0.3, -0.25) is 0 Å². The molecule has 2 N–H and O–H groups in total. The fourth-order valence-corrected chi connectivity index (χ4v) is 2.11. The first kappa shape index (κ1) is 11.5. The minimum absolute atomic E-state index is 0.173. The summed E-state index contributed by atoms with van der Waals surface area (Å²) in [6, 6.07) is 0. The van der Waals surface area contributed by atoms with E-state index in [1.54, 1.807) is 7.11 Å². The molecule has 1 heterocycles. The van der Waals surface area contributed by atoms with Gasteiger partial charge in [-0.15, -0.1) is 0 Å². The quantitative estimate of drug-likeness (QED) is 0.850. The van der Waals surface area contributed by atoms with Gasteiger partial charge >= 0.3 is 0 Å². The Morgan fingerprint density at radius 2 is 2.06 bits per heavy atom. The molecule has 5 nitrogen and oxygen atoms in total. The average molecular weight is 225 g/mol. The minimum Gasteiger partial charge on any atom is -0.372 e. The van der Waals surface area contributed by atoms with Gasteiger partial charge in [-0.05, 0) is 19.8 Å². The fourth-order valence-electron chi connectivity index (χ4n) is 2.11. The maximum Gasteiger partial charge on any atom is 0.255 e. The van der Waals surface area contributed by atoms with Crippen LogP contribution in [0.25, 0.3) is 0 Å². The number of hydrogen-bond donors (Lipinski definition) is 1. The van der Waals surface area contributed by atoms with Crippen molar-refractivity contribution in [2.45, 2.75) is 50.7 Å². The first-order chi connectivity index (χ1) is 7.65. The zero-order valence-electron chi connectivity index (χ0n) is 9.90. The van der Waals surface area contributed by atoms with Crippen LogP contribution in [0.4, 0.5) is 0 Å². The average Bonchev–Trinajstić information content (AvgIpc) is 2.79. The van der Waals surface area contributed by atoms with E-state index in [-0.39, 0.29) is 6.10 Å². The van der Waals surface area contributed by atoms with Crippen LogP contribution < -0.4 is 5.73 Å². The van der Waals surface area contributed by atoms with Gasteiger partial charge in [0, 0.05) is 7.11 Å². The number of ether oxygens (including phenoxy) is 1. The van der Waals surface area contributed by atoms with E-state index in [9.17, 15) is 0 Å². The molecule has 1 unspecified atom stereocenters. The lowest BCUT2D eigenvalue weighted by molar-refractivity contribution is 0.0886. The van der Waals surface area contributed by atoms with Crippen LogP contribution in [0.15, 0.2) is 4.52 Å². The summed E-state index contributed by atoms with van der Waals surface area (Å²) >= 11 is 0. The minimum atomic E-state index is -0.395. The molecule has 0 saturated heterocycles. The van der Waals surface area contributed by atoms with E-state index in [2.05, 4.69) is 10.1 Å². The standard InChI is InChI=1S/C11H19N3O2/c1-8(15-2)9-13-10(14-16-9)11(12)6-4-3-5-7-11/h8H,3-7,12H2,1-2H3. The highest BCUT2D eigenvalue weighted by atomic mass is 16.5. The fraction of sp³-hybridized carbons (Fsp3) is 0.818. The van der Waals surface area contributed by atoms with Crippen LogP contribution in [0.2, 0.25) is 0 Å². The maximum atomic E-state index is 6.31. The molecule has 1 fully saturated rings. The van der Waals surface area contributed by atoms with Crippen molar-refractivity contribution in [3.63, 3.8) is 0 Å². The summed E-state index contributed by atoms with van der Waals surface area (Å²) in [6.45, 7) is 1.88. The van der Waals surface area contributed by atoms with Gasteiger partial charge in [0.15, 0.2) is 5.82 Å². The SMILES string of the molecule is COC(C)c1nc(C2(N)CCCCC2)no1. The molecule has 2 rings (SSSR count). The summed E-state index contributed by atoms with van der Waals surface area (Å²) in [5.74, 6) is 1.14. The van der Waals surface area contributed by atoms with Gasteiger partial charge in [-0.2, -0.15) is 4.98 Å². The van der Waals surface area contributed by atoms with Crippen molar-refractivity contribution in [3.05, 3.63) is 11.7 Å². The van der Waals surface area contributed by atoms with Crippen LogP contribution in [-0.4, -0.2) is 17.3 Å². The lowest BCUT2D eigenvalue weighted by Crippen LogP contribution is -2.39. The van der Waals surface area contributed by atoms with Crippen LogP contribution in [0.5, 0.6) is 0 Å². The van der Waals surface area contributed by atoms with Crippen LogP contribution in [0, 0.1) is 0 Å². The number of aromatic nitrogens is 2. The van der Waals surface area contributed by atoms with Crippen molar-refractivity contribution in [1.29, 1.82) is 0 Å². The Bertz CT molecular complexity index is 345. The topological polar surface area (TPSA) is 74.2 Å². The molecular formula is C11H19N3O2. The summed E-state index contributed by atoms with van der Waals surface area (Å²) < 4.78 is 10.3. The van der Waals surface area contributed by atoms with Gasteiger partial charge in [-0.1, -0.05) is 24.4 Å². The molecule has 0 spiro atoms. The van der Waals surface area contributed by atoms with Crippen molar-refractivity contribution < 1.29 is 9.26 Å². The van der Waals surface area contributed by atoms with E-state index in [4.69, 9.17) is 15.0 Å². The monoisotopic (exact) mass is 225 g/mol. The lowest BCUT2D eigenvalue weighted by atomic mass is 9.82. The van der Waals surface area contributed by atoms with E-state index in [1.165, 1.54) is 6.42 Å². The second kappa shape index (κ2) is 4.51. The summed E-state index contributed by atoms with van der Waals surface area (Å²) in [5, 5.41) is 3.99. The largest absolute Gasteiger partial charge is 0.372 e. The Morgan fingerprint density at radius 1 is 1.38 bits per heavy atom. The van der Waals surface area contributed by atoms with Crippen molar-refractivity contribution >= 4 is 0 Å². The number of hydrogen-bond acceptors (Lipinski definition) is 5. The molecule has 0 aliphatic heterocycles. The van der Waals surface area contributed by atoms with Gasteiger partial charge in [0.05, 0.1) is 5.54 Å². The highest BCUT2D eigenvalue weighted by molar-refractivity contribution is 5.05. The number of nitrogens with two attached hydrogens (primary N) is 1. The third kappa shape index (κ3) is 2.10. The highest BCUT2D eigenvalue weighted by Gasteiger charge is 2.34. The molecular weight excluding hydrogens is 206 g/mol. The molecule has 0 bridgehead atoms. The summed E-state index contributed by atoms with van der Waals surface area (Å²) in [4.78, 5) is 4.35. The third-order valence-electron chi connectivity index (χ3n) is 3.33. The van der Waals surface area contributed by atoms with Gasteiger partial charge in [-0.25, -0.2) is 0 Å². The predicted octanol–water partition coefficient (Wildman–Crippen LogP) is 1.90. The van der Waals surface area contributed by atoms with Crippen LogP contribution in [-0.2, 0) is 10.3 Å². The van der Waals surface area contributed by atoms with Gasteiger partial charge in [0.2, 0.25) is 0 Å². The van der Waals surface area contributed by atoms with E-state index < -0.39 is 5.54 Å². The predicted molar refractivity (Wildman–Crippen MR) is 58.7 cm³/mol. The first-order valence-corrected chi connectivity index (χ1v) is 5.81. The third-order valence-corrected chi connectivity index (χ3v) is 3.33. The maximum absolute atomic E-state index is 6.31. The molecule has 1 aromatic rings. The molecule has 5 heteroatoms. The molecule has 1 saturated carbocycles. The van der Waals surface area contributed by atoms with Crippen LogP contribution >= 0.6 is 0 Å². The second-order valence-electron chi connectivity index (χ2n) is 4.55. The summed E-state index contributed by atoms with van der Waals surface area (Å²) in [5.41, 5.74) is 5.91. The van der Waals surface area contributed by atoms with Crippen molar-refractivity contribution in [1.82, 2.24) is 10.1 Å². The molecule has 0 aromatic carbocycles. The first-order valence-electron chi connectivity index (χ1n) is 5.81. The number of nitrogens with zero attached hydrogens (tertiary/aromatic N) is 2. The molecule has 1 atom stereocenters. The van der Waals surface area contributed by atoms with E-state index in [1.807, 2.05) is 6.92 Å². The highest BCUT2D eigenvalue weighted by Crippen LogP contribution is 2.33. The Labute approximate surface area is 95.3 Å². The number of rotatable bonds is 3.